The van der Waals surface area contributed by atoms with Crippen LogP contribution in [0.4, 0.5) is 8.63 Å². The molecule has 4 rings (SSSR count). The van der Waals surface area contributed by atoms with Crippen molar-refractivity contribution in [2.75, 3.05) is 34.3 Å². The zero-order valence-corrected chi connectivity index (χ0v) is 16.5. The second-order valence-corrected chi connectivity index (χ2v) is 8.31. The number of benzene rings is 1. The summed E-state index contributed by atoms with van der Waals surface area (Å²) in [7, 11) is 6.48. The van der Waals surface area contributed by atoms with Crippen molar-refractivity contribution >= 4 is 18.8 Å². The summed E-state index contributed by atoms with van der Waals surface area (Å²) in [6.45, 7) is -2.16. The van der Waals surface area contributed by atoms with Crippen molar-refractivity contribution in [3.05, 3.63) is 71.7 Å². The highest BCUT2D eigenvalue weighted by atomic mass is 19.2. The molecule has 1 aromatic carbocycles. The molecule has 0 N–H and O–H groups in total. The smallest absolute Gasteiger partial charge is 0.493 e. The molecular weight excluding hydrogens is 359 g/mol. The molecule has 4 nitrogen and oxygen atoms in total. The van der Waals surface area contributed by atoms with Crippen LogP contribution in [-0.2, 0) is 0 Å². The van der Waals surface area contributed by atoms with Gasteiger partial charge in [-0.05, 0) is 36.0 Å². The van der Waals surface area contributed by atoms with Gasteiger partial charge >= 0.3 is 6.97 Å². The third-order valence-corrected chi connectivity index (χ3v) is 5.12. The summed E-state index contributed by atoms with van der Waals surface area (Å²) in [5.74, 6) is 0.793. The number of nitrogens with zero attached hydrogens (tertiary/aromatic N) is 3. The molecule has 0 saturated carbocycles. The Hall–Kier alpha value is -2.67. The molecular formula is C21H25BF2N3O+. The molecule has 0 amide bonds. The van der Waals surface area contributed by atoms with E-state index in [-0.39, 0.29) is 0 Å². The van der Waals surface area contributed by atoms with E-state index in [4.69, 9.17) is 4.74 Å². The van der Waals surface area contributed by atoms with Crippen LogP contribution in [-0.4, -0.2) is 60.9 Å². The summed E-state index contributed by atoms with van der Waals surface area (Å²) >= 11 is 0. The molecule has 2 aromatic rings. The maximum Gasteiger partial charge on any atom is 0.737 e. The molecule has 1 aromatic heterocycles. The lowest BCUT2D eigenvalue weighted by molar-refractivity contribution is -0.870. The third kappa shape index (κ3) is 3.31. The number of hydrogen-bond acceptors (Lipinski definition) is 1. The molecule has 2 aliphatic rings. The van der Waals surface area contributed by atoms with Crippen LogP contribution in [0.2, 0.25) is 0 Å². The first-order valence-electron chi connectivity index (χ1n) is 9.55. The Kier molecular flexibility index (Phi) is 4.50. The fourth-order valence-electron chi connectivity index (χ4n) is 3.76. The van der Waals surface area contributed by atoms with Gasteiger partial charge < -0.3 is 26.8 Å². The van der Waals surface area contributed by atoms with Crippen molar-refractivity contribution in [2.45, 2.75) is 6.42 Å². The summed E-state index contributed by atoms with van der Waals surface area (Å²) in [6.07, 6.45) is 7.28. The molecule has 0 aliphatic carbocycles. The minimum Gasteiger partial charge on any atom is -0.493 e. The number of rotatable bonds is 6. The fourth-order valence-corrected chi connectivity index (χ4v) is 3.76. The first-order valence-corrected chi connectivity index (χ1v) is 9.55. The summed E-state index contributed by atoms with van der Waals surface area (Å²) < 4.78 is 38.6. The van der Waals surface area contributed by atoms with Gasteiger partial charge in [-0.2, -0.15) is 0 Å². The van der Waals surface area contributed by atoms with E-state index in [0.717, 1.165) is 43.3 Å². The molecule has 0 saturated heterocycles. The molecule has 0 atom stereocenters. The normalized spacial score (nSPS) is 17.4. The zero-order valence-electron chi connectivity index (χ0n) is 16.5. The Labute approximate surface area is 164 Å². The van der Waals surface area contributed by atoms with Gasteiger partial charge in [-0.15, -0.1) is 0 Å². The molecule has 7 heteroatoms. The van der Waals surface area contributed by atoms with E-state index >= 15 is 0 Å². The molecule has 0 fully saturated rings. The van der Waals surface area contributed by atoms with E-state index in [1.54, 1.807) is 24.3 Å². The monoisotopic (exact) mass is 384 g/mol. The molecule has 0 unspecified atom stereocenters. The average Bonchev–Trinajstić information content (AvgIpc) is 3.30. The molecule has 2 aliphatic heterocycles. The van der Waals surface area contributed by atoms with Crippen LogP contribution in [0.3, 0.4) is 0 Å². The van der Waals surface area contributed by atoms with Gasteiger partial charge in [0.1, 0.15) is 12.0 Å². The highest BCUT2D eigenvalue weighted by Gasteiger charge is 2.51. The standard InChI is InChI=1S/C21H25BF2N3O/c1-27(2,3)15-6-16-28-18-11-9-17(10-12-18)21-19-7-4-13-25(19)22(23,24)26-14-5-8-20(21)26/h4-5,7-14H,6,15-16H2,1-3H3/q+1. The second-order valence-electron chi connectivity index (χ2n) is 8.31. The summed E-state index contributed by atoms with van der Waals surface area (Å²) in [4.78, 5) is 0. The lowest BCUT2D eigenvalue weighted by Crippen LogP contribution is -2.49. The van der Waals surface area contributed by atoms with Crippen LogP contribution < -0.4 is 4.74 Å². The molecule has 146 valence electrons. The fraction of sp³-hybridized carbons (Fsp3) is 0.286. The van der Waals surface area contributed by atoms with Gasteiger partial charge in [0.05, 0.1) is 39.9 Å². The lowest BCUT2D eigenvalue weighted by Gasteiger charge is -2.30. The van der Waals surface area contributed by atoms with Crippen molar-refractivity contribution in [1.82, 2.24) is 4.48 Å². The van der Waals surface area contributed by atoms with E-state index in [1.807, 2.05) is 24.3 Å². The van der Waals surface area contributed by atoms with E-state index in [9.17, 15) is 8.63 Å². The van der Waals surface area contributed by atoms with Crippen LogP contribution in [0, 0.1) is 0 Å². The predicted molar refractivity (Wildman–Crippen MR) is 109 cm³/mol. The summed E-state index contributed by atoms with van der Waals surface area (Å²) in [5.41, 5.74) is 2.77. The van der Waals surface area contributed by atoms with Crippen molar-refractivity contribution in [2.24, 2.45) is 0 Å². The van der Waals surface area contributed by atoms with Crippen LogP contribution in [0.15, 0.2) is 60.4 Å². The minimum absolute atomic E-state index is 0.535. The first kappa shape index (κ1) is 18.7. The largest absolute Gasteiger partial charge is 0.737 e. The highest BCUT2D eigenvalue weighted by Crippen LogP contribution is 2.38. The molecule has 3 heterocycles. The lowest BCUT2D eigenvalue weighted by atomic mass is 9.86. The number of aromatic nitrogens is 1. The van der Waals surface area contributed by atoms with Crippen molar-refractivity contribution in [3.8, 4) is 5.75 Å². The van der Waals surface area contributed by atoms with Gasteiger partial charge in [0.2, 0.25) is 0 Å². The topological polar surface area (TPSA) is 17.2 Å². The van der Waals surface area contributed by atoms with Gasteiger partial charge in [0, 0.05) is 24.3 Å². The summed E-state index contributed by atoms with van der Waals surface area (Å²) in [6, 6.07) is 11.1. The molecule has 0 radical (unpaired) electrons. The van der Waals surface area contributed by atoms with Gasteiger partial charge in [0.25, 0.3) is 0 Å². The predicted octanol–water partition coefficient (Wildman–Crippen LogP) is 3.61. The Morgan fingerprint density at radius 2 is 1.86 bits per heavy atom. The Morgan fingerprint density at radius 3 is 2.57 bits per heavy atom. The maximum absolute atomic E-state index is 14.8. The van der Waals surface area contributed by atoms with Gasteiger partial charge in [0.15, 0.2) is 5.70 Å². The average molecular weight is 384 g/mol. The molecule has 0 bridgehead atoms. The zero-order chi connectivity index (χ0) is 19.9. The van der Waals surface area contributed by atoms with E-state index in [2.05, 4.69) is 21.1 Å². The van der Waals surface area contributed by atoms with Crippen LogP contribution >= 0.6 is 0 Å². The summed E-state index contributed by atoms with van der Waals surface area (Å²) in [5, 5.41) is 0. The van der Waals surface area contributed by atoms with Crippen molar-refractivity contribution in [1.29, 1.82) is 0 Å². The van der Waals surface area contributed by atoms with Crippen molar-refractivity contribution < 1.29 is 22.3 Å². The van der Waals surface area contributed by atoms with Gasteiger partial charge in [-0.3, -0.25) is 0 Å². The number of quaternary nitrogens is 1. The van der Waals surface area contributed by atoms with Gasteiger partial charge in [-0.25, -0.2) is 0 Å². The number of halogens is 2. The first-order chi connectivity index (χ1) is 13.3. The van der Waals surface area contributed by atoms with Crippen LogP contribution in [0.25, 0.3) is 5.57 Å². The molecule has 28 heavy (non-hydrogen) atoms. The highest BCUT2D eigenvalue weighted by molar-refractivity contribution is 6.57. The van der Waals surface area contributed by atoms with Crippen LogP contribution in [0.5, 0.6) is 5.75 Å². The second kappa shape index (κ2) is 6.74. The van der Waals surface area contributed by atoms with Crippen molar-refractivity contribution in [3.63, 3.8) is 0 Å². The van der Waals surface area contributed by atoms with Crippen LogP contribution in [0.1, 0.15) is 17.7 Å². The number of hydrogen-bond donors (Lipinski definition) is 0. The van der Waals surface area contributed by atoms with E-state index < -0.39 is 6.97 Å². The van der Waals surface area contributed by atoms with E-state index in [1.165, 1.54) is 12.4 Å². The van der Waals surface area contributed by atoms with Gasteiger partial charge in [-0.1, -0.05) is 12.1 Å². The number of fused-ring (bicyclic) bond motifs is 2. The Balaban J connectivity index is 1.58. The Bertz CT molecular complexity index is 982. The third-order valence-electron chi connectivity index (χ3n) is 5.12. The quantitative estimate of drug-likeness (QED) is 0.423. The molecule has 0 spiro atoms. The number of allylic oxidation sites excluding steroid dienone is 2. The SMILES string of the molecule is C[N+](C)(C)CCCOc1ccc(C2=C3C=CC=[N+]3[B-](F)(F)n3cccc32)cc1. The minimum atomic E-state index is -3.86. The maximum atomic E-state index is 14.8. The number of ether oxygens (including phenoxy) is 1. The Morgan fingerprint density at radius 1 is 1.11 bits per heavy atom. The van der Waals surface area contributed by atoms with E-state index in [0.29, 0.717) is 18.0 Å².